The standard InChI is InChI=1S/C18H33NO14/c1-4-7(19)8(22)12(26)17(29-4)32-15-6(3-21)31-18(13(27)10(15)24)33-14-5(2-20)30-16(28)11(25)9(14)23/h4-18,20-28H,2-3,19H2,1H3/t4?,5?,6?,7-,8-,9+,10+,11?,12?,13?,14-,15-,16?,17-,18-/m0/s1. The molecule has 194 valence electrons. The molecule has 3 rings (SSSR count). The number of hydrogen-bond acceptors (Lipinski definition) is 15. The number of nitrogens with two attached hydrogens (primary N) is 1. The highest BCUT2D eigenvalue weighted by atomic mass is 16.7. The minimum Gasteiger partial charge on any atom is -0.394 e. The molecule has 0 amide bonds. The molecular formula is C18H33NO14. The minimum atomic E-state index is -1.83. The summed E-state index contributed by atoms with van der Waals surface area (Å²) in [4.78, 5) is 0. The molecule has 0 aliphatic carbocycles. The molecule has 3 aliphatic rings. The van der Waals surface area contributed by atoms with Gasteiger partial charge in [-0.1, -0.05) is 0 Å². The monoisotopic (exact) mass is 487 g/mol. The molecular weight excluding hydrogens is 454 g/mol. The van der Waals surface area contributed by atoms with Crippen molar-refractivity contribution < 1.29 is 69.6 Å². The van der Waals surface area contributed by atoms with Crippen molar-refractivity contribution in [2.75, 3.05) is 13.2 Å². The van der Waals surface area contributed by atoms with E-state index in [1.807, 2.05) is 0 Å². The molecule has 15 atom stereocenters. The summed E-state index contributed by atoms with van der Waals surface area (Å²) in [5.41, 5.74) is 5.73. The number of ether oxygens (including phenoxy) is 5. The second-order valence-corrected chi connectivity index (χ2v) is 8.41. The molecule has 0 aromatic carbocycles. The maximum Gasteiger partial charge on any atom is 0.187 e. The van der Waals surface area contributed by atoms with Crippen molar-refractivity contribution in [3.63, 3.8) is 0 Å². The molecule has 0 saturated carbocycles. The fourth-order valence-corrected chi connectivity index (χ4v) is 4.04. The molecule has 15 heteroatoms. The lowest BCUT2D eigenvalue weighted by Gasteiger charge is -2.47. The second kappa shape index (κ2) is 11.0. The maximum atomic E-state index is 10.6. The van der Waals surface area contributed by atoms with E-state index < -0.39 is 105 Å². The predicted molar refractivity (Wildman–Crippen MR) is 102 cm³/mol. The summed E-state index contributed by atoms with van der Waals surface area (Å²) in [6.07, 6.45) is -21.4. The zero-order valence-corrected chi connectivity index (χ0v) is 17.7. The van der Waals surface area contributed by atoms with E-state index in [0.717, 1.165) is 0 Å². The maximum absolute atomic E-state index is 10.6. The average molecular weight is 487 g/mol. The van der Waals surface area contributed by atoms with Crippen LogP contribution in [0.5, 0.6) is 0 Å². The average Bonchev–Trinajstić information content (AvgIpc) is 2.80. The third-order valence-electron chi connectivity index (χ3n) is 6.16. The van der Waals surface area contributed by atoms with Crippen molar-refractivity contribution in [2.24, 2.45) is 5.73 Å². The Labute approximate surface area is 188 Å². The van der Waals surface area contributed by atoms with Gasteiger partial charge in [-0.05, 0) is 6.92 Å². The van der Waals surface area contributed by atoms with Gasteiger partial charge in [0.05, 0.1) is 25.4 Å². The van der Waals surface area contributed by atoms with Crippen LogP contribution in [-0.2, 0) is 23.7 Å². The first kappa shape index (κ1) is 27.0. The quantitative estimate of drug-likeness (QED) is 0.167. The Balaban J connectivity index is 1.71. The summed E-state index contributed by atoms with van der Waals surface area (Å²) >= 11 is 0. The van der Waals surface area contributed by atoms with E-state index in [1.165, 1.54) is 6.92 Å². The Morgan fingerprint density at radius 3 is 1.64 bits per heavy atom. The Morgan fingerprint density at radius 2 is 1.09 bits per heavy atom. The zero-order valence-electron chi connectivity index (χ0n) is 17.7. The van der Waals surface area contributed by atoms with Crippen LogP contribution >= 0.6 is 0 Å². The van der Waals surface area contributed by atoms with E-state index in [-0.39, 0.29) is 0 Å². The first-order chi connectivity index (χ1) is 15.5. The van der Waals surface area contributed by atoms with Crippen molar-refractivity contribution in [1.29, 1.82) is 0 Å². The normalized spacial score (nSPS) is 53.7. The van der Waals surface area contributed by atoms with E-state index >= 15 is 0 Å². The lowest BCUT2D eigenvalue weighted by molar-refractivity contribution is -0.373. The van der Waals surface area contributed by atoms with Crippen LogP contribution in [0.3, 0.4) is 0 Å². The van der Waals surface area contributed by atoms with E-state index in [9.17, 15) is 46.0 Å². The van der Waals surface area contributed by atoms with Crippen molar-refractivity contribution in [1.82, 2.24) is 0 Å². The largest absolute Gasteiger partial charge is 0.394 e. The van der Waals surface area contributed by atoms with Crippen LogP contribution in [0.25, 0.3) is 0 Å². The SMILES string of the molecule is CC1O[C@@H](O[C@H]2C(CO)O[C@@H](O[C@H]3C(CO)OC(O)C(O)[C@H]3O)C(O)[C@H]2O)C(O)[C@@H](O)[C@H]1N. The second-order valence-electron chi connectivity index (χ2n) is 8.41. The molecule has 0 spiro atoms. The molecule has 15 nitrogen and oxygen atoms in total. The Kier molecular flexibility index (Phi) is 8.99. The van der Waals surface area contributed by atoms with Gasteiger partial charge in [-0.15, -0.1) is 0 Å². The molecule has 0 aromatic heterocycles. The van der Waals surface area contributed by atoms with Gasteiger partial charge in [-0.3, -0.25) is 0 Å². The van der Waals surface area contributed by atoms with Crippen LogP contribution in [0, 0.1) is 0 Å². The van der Waals surface area contributed by atoms with Crippen molar-refractivity contribution in [3.05, 3.63) is 0 Å². The van der Waals surface area contributed by atoms with E-state index in [2.05, 4.69) is 0 Å². The van der Waals surface area contributed by atoms with Crippen LogP contribution in [0.2, 0.25) is 0 Å². The van der Waals surface area contributed by atoms with E-state index in [1.54, 1.807) is 0 Å². The van der Waals surface area contributed by atoms with Crippen LogP contribution in [0.1, 0.15) is 6.92 Å². The Bertz CT molecular complexity index is 627. The van der Waals surface area contributed by atoms with Crippen LogP contribution in [-0.4, -0.2) is 151 Å². The van der Waals surface area contributed by atoms with Gasteiger partial charge in [0.1, 0.15) is 61.0 Å². The van der Waals surface area contributed by atoms with Gasteiger partial charge < -0.3 is 75.4 Å². The number of aliphatic hydroxyl groups excluding tert-OH is 9. The fourth-order valence-electron chi connectivity index (χ4n) is 4.04. The van der Waals surface area contributed by atoms with Gasteiger partial charge in [-0.25, -0.2) is 0 Å². The van der Waals surface area contributed by atoms with Gasteiger partial charge in [0.25, 0.3) is 0 Å². The highest BCUT2D eigenvalue weighted by molar-refractivity contribution is 4.96. The smallest absolute Gasteiger partial charge is 0.187 e. The topological polar surface area (TPSA) is 254 Å². The van der Waals surface area contributed by atoms with E-state index in [0.29, 0.717) is 0 Å². The number of rotatable bonds is 6. The summed E-state index contributed by atoms with van der Waals surface area (Å²) in [5, 5.41) is 90.2. The zero-order chi connectivity index (χ0) is 24.6. The first-order valence-electron chi connectivity index (χ1n) is 10.5. The highest BCUT2D eigenvalue weighted by Gasteiger charge is 2.52. The lowest BCUT2D eigenvalue weighted by atomic mass is 9.96. The molecule has 0 bridgehead atoms. The van der Waals surface area contributed by atoms with Gasteiger partial charge in [0, 0.05) is 0 Å². The molecule has 33 heavy (non-hydrogen) atoms. The van der Waals surface area contributed by atoms with Crippen LogP contribution in [0.15, 0.2) is 0 Å². The first-order valence-corrected chi connectivity index (χ1v) is 10.5. The molecule has 7 unspecified atom stereocenters. The molecule has 0 aromatic rings. The van der Waals surface area contributed by atoms with Crippen molar-refractivity contribution in [2.45, 2.75) is 99.0 Å². The Hall–Kier alpha value is -0.600. The minimum absolute atomic E-state index is 0.728. The fraction of sp³-hybridized carbons (Fsp3) is 1.00. The predicted octanol–water partition coefficient (Wildman–Crippen LogP) is -6.58. The van der Waals surface area contributed by atoms with Gasteiger partial charge in [0.2, 0.25) is 0 Å². The van der Waals surface area contributed by atoms with Gasteiger partial charge in [-0.2, -0.15) is 0 Å². The van der Waals surface area contributed by atoms with Gasteiger partial charge >= 0.3 is 0 Å². The lowest BCUT2D eigenvalue weighted by Crippen LogP contribution is -2.66. The third kappa shape index (κ3) is 5.32. The van der Waals surface area contributed by atoms with E-state index in [4.69, 9.17) is 29.4 Å². The summed E-state index contributed by atoms with van der Waals surface area (Å²) in [7, 11) is 0. The summed E-state index contributed by atoms with van der Waals surface area (Å²) in [6, 6.07) is -0.901. The Morgan fingerprint density at radius 1 is 0.636 bits per heavy atom. The van der Waals surface area contributed by atoms with Gasteiger partial charge in [0.15, 0.2) is 18.9 Å². The van der Waals surface area contributed by atoms with Crippen molar-refractivity contribution >= 4 is 0 Å². The third-order valence-corrected chi connectivity index (χ3v) is 6.16. The number of aliphatic hydroxyl groups is 9. The van der Waals surface area contributed by atoms with Crippen LogP contribution in [0.4, 0.5) is 0 Å². The van der Waals surface area contributed by atoms with Crippen molar-refractivity contribution in [3.8, 4) is 0 Å². The van der Waals surface area contributed by atoms with Crippen LogP contribution < -0.4 is 5.73 Å². The summed E-state index contributed by atoms with van der Waals surface area (Å²) in [5.74, 6) is 0. The molecule has 3 aliphatic heterocycles. The molecule has 3 saturated heterocycles. The summed E-state index contributed by atoms with van der Waals surface area (Å²) in [6.45, 7) is 0.0570. The highest BCUT2D eigenvalue weighted by Crippen LogP contribution is 2.31. The summed E-state index contributed by atoms with van der Waals surface area (Å²) < 4.78 is 26.8. The molecule has 11 N–H and O–H groups in total. The molecule has 3 heterocycles. The molecule has 3 fully saturated rings. The molecule has 0 radical (unpaired) electrons. The number of hydrogen-bond donors (Lipinski definition) is 10.